The predicted octanol–water partition coefficient (Wildman–Crippen LogP) is 21.4. The van der Waals surface area contributed by atoms with Crippen LogP contribution in [0.15, 0.2) is 72.8 Å². The molecular weight excluding hydrogens is 801 g/mol. The van der Waals surface area contributed by atoms with Crippen molar-refractivity contribution in [3.05, 3.63) is 95.6 Å². The lowest BCUT2D eigenvalue weighted by molar-refractivity contribution is -0.0574. The van der Waals surface area contributed by atoms with E-state index in [4.69, 9.17) is 0 Å². The molecular formula is C62H118N4. The molecule has 2 aromatic heterocycles. The molecule has 4 fully saturated rings. The van der Waals surface area contributed by atoms with Gasteiger partial charge in [-0.2, -0.15) is 0 Å². The Morgan fingerprint density at radius 3 is 0.818 bits per heavy atom. The van der Waals surface area contributed by atoms with Crippen LogP contribution >= 0.6 is 0 Å². The zero-order chi connectivity index (χ0) is 43.9. The van der Waals surface area contributed by atoms with E-state index in [1.165, 1.54) is 51.4 Å². The molecule has 0 aliphatic heterocycles. The third-order valence-electron chi connectivity index (χ3n) is 11.6. The van der Waals surface area contributed by atoms with Crippen molar-refractivity contribution in [2.24, 2.45) is 23.2 Å². The lowest BCUT2D eigenvalue weighted by Crippen LogP contribution is -2.45. The van der Waals surface area contributed by atoms with Crippen molar-refractivity contribution >= 4 is 0 Å². The minimum Gasteiger partial charge on any atom is -0.233 e. The second kappa shape index (κ2) is 46.7. The Labute approximate surface area is 417 Å². The summed E-state index contributed by atoms with van der Waals surface area (Å²) in [5, 5.41) is 0. The summed E-state index contributed by atoms with van der Waals surface area (Å²) < 4.78 is 0. The third kappa shape index (κ3) is 28.7. The van der Waals surface area contributed by atoms with Gasteiger partial charge in [0.25, 0.3) is 0 Å². The summed E-state index contributed by atoms with van der Waals surface area (Å²) in [6, 6.07) is 24.5. The van der Waals surface area contributed by atoms with Crippen molar-refractivity contribution < 1.29 is 0 Å². The summed E-state index contributed by atoms with van der Waals surface area (Å²) in [4.78, 5) is 18.2. The van der Waals surface area contributed by atoms with E-state index in [2.05, 4.69) is 108 Å². The molecule has 0 unspecified atom stereocenters. The molecule has 2 aromatic carbocycles. The molecule has 4 bridgehead atoms. The van der Waals surface area contributed by atoms with E-state index in [1.54, 1.807) is 38.5 Å². The van der Waals surface area contributed by atoms with Gasteiger partial charge in [-0.1, -0.05) is 248 Å². The molecule has 0 saturated heterocycles. The van der Waals surface area contributed by atoms with Gasteiger partial charge in [0.2, 0.25) is 0 Å². The van der Waals surface area contributed by atoms with E-state index in [9.17, 15) is 0 Å². The van der Waals surface area contributed by atoms with Crippen LogP contribution in [0.25, 0.3) is 22.8 Å². The topological polar surface area (TPSA) is 51.6 Å². The average molecular weight is 920 g/mol. The van der Waals surface area contributed by atoms with Crippen LogP contribution in [0, 0.1) is 23.2 Å². The summed E-state index contributed by atoms with van der Waals surface area (Å²) in [5.41, 5.74) is 7.50. The Bertz CT molecular complexity index is 1400. The molecule has 66 heavy (non-hydrogen) atoms. The number of nitrogens with zero attached hydrogens (tertiary/aromatic N) is 4. The molecule has 0 spiro atoms. The van der Waals surface area contributed by atoms with Gasteiger partial charge >= 0.3 is 0 Å². The monoisotopic (exact) mass is 919 g/mol. The maximum atomic E-state index is 4.56. The standard InChI is InChI=1S/2C14H16N2.C13H22.3C4H10.C2H6.7CH4/c2*1-3-12-10-13(4-2)16-14(15-12)11-8-6-5-7-9-11;1-2-3-13-7-10-4-11(8-13)6-12(5-10)9-13;3*1-3-4-2;1-2;;;;;;;/h2*5-10H,3-4H2,1-2H3;10-12H,2-9H2,1H3;3*3-4H2,1-2H3;1-2H3;7*1H4. The van der Waals surface area contributed by atoms with Crippen LogP contribution < -0.4 is 0 Å². The lowest BCUT2D eigenvalue weighted by atomic mass is 9.49. The Morgan fingerprint density at radius 2 is 0.621 bits per heavy atom. The molecule has 4 heteroatoms. The average Bonchev–Trinajstić information content (AvgIpc) is 3.30. The SMILES string of the molecule is C.C.C.C.C.C.C.CC.CCCC.CCCC.CCCC.CCCC12CC3CC(CC(C3)C1)C2.CCc1cc(CC)nc(-c2ccccc2)n1.CCc1cc(CC)nc(-c2ccccc2)n1. The predicted molar refractivity (Wildman–Crippen MR) is 308 cm³/mol. The fourth-order valence-electron chi connectivity index (χ4n) is 8.39. The second-order valence-corrected chi connectivity index (χ2v) is 16.7. The molecule has 0 amide bonds. The van der Waals surface area contributed by atoms with Gasteiger partial charge in [0, 0.05) is 33.9 Å². The maximum Gasteiger partial charge on any atom is 0.159 e. The molecule has 2 heterocycles. The molecule has 386 valence electrons. The number of unbranched alkanes of at least 4 members (excludes halogenated alkanes) is 3. The molecule has 4 aliphatic rings. The van der Waals surface area contributed by atoms with E-state index in [-0.39, 0.29) is 52.0 Å². The van der Waals surface area contributed by atoms with Gasteiger partial charge in [-0.15, -0.1) is 0 Å². The fraction of sp³-hybridized carbons (Fsp3) is 0.677. The van der Waals surface area contributed by atoms with Gasteiger partial charge in [0.15, 0.2) is 11.6 Å². The van der Waals surface area contributed by atoms with E-state index in [0.717, 1.165) is 94.4 Å². The number of aromatic nitrogens is 4. The Morgan fingerprint density at radius 1 is 0.379 bits per heavy atom. The Kier molecular flexibility index (Phi) is 54.4. The highest BCUT2D eigenvalue weighted by atomic mass is 14.9. The first-order valence-electron chi connectivity index (χ1n) is 24.5. The highest BCUT2D eigenvalue weighted by molar-refractivity contribution is 5.55. The van der Waals surface area contributed by atoms with Crippen LogP contribution in [-0.4, -0.2) is 19.9 Å². The maximum absolute atomic E-state index is 4.56. The molecule has 8 rings (SSSR count). The van der Waals surface area contributed by atoms with E-state index in [0.29, 0.717) is 0 Å². The number of hydrogen-bond acceptors (Lipinski definition) is 4. The fourth-order valence-corrected chi connectivity index (χ4v) is 8.39. The molecule has 4 aliphatic carbocycles. The first-order valence-corrected chi connectivity index (χ1v) is 24.5. The number of hydrogen-bond donors (Lipinski definition) is 0. The van der Waals surface area contributed by atoms with Crippen LogP contribution in [0.5, 0.6) is 0 Å². The van der Waals surface area contributed by atoms with Gasteiger partial charge in [0.1, 0.15) is 0 Å². The Hall–Kier alpha value is -3.40. The summed E-state index contributed by atoms with van der Waals surface area (Å²) in [6.45, 7) is 27.9. The van der Waals surface area contributed by atoms with E-state index >= 15 is 0 Å². The summed E-state index contributed by atoms with van der Waals surface area (Å²) in [5.74, 6) is 5.14. The largest absolute Gasteiger partial charge is 0.233 e. The van der Waals surface area contributed by atoms with Crippen LogP contribution in [0.2, 0.25) is 0 Å². The van der Waals surface area contributed by atoms with Crippen molar-refractivity contribution in [2.45, 2.75) is 258 Å². The zero-order valence-electron chi connectivity index (χ0n) is 40.7. The third-order valence-corrected chi connectivity index (χ3v) is 11.6. The highest BCUT2D eigenvalue weighted by Gasteiger charge is 2.50. The normalized spacial score (nSPS) is 16.9. The van der Waals surface area contributed by atoms with Gasteiger partial charge in [0.05, 0.1) is 0 Å². The first-order chi connectivity index (χ1) is 28.7. The number of aryl methyl sites for hydroxylation is 4. The van der Waals surface area contributed by atoms with Crippen LogP contribution in [0.3, 0.4) is 0 Å². The minimum absolute atomic E-state index is 0. The highest BCUT2D eigenvalue weighted by Crippen LogP contribution is 2.61. The minimum atomic E-state index is 0. The molecule has 4 aromatic rings. The van der Waals surface area contributed by atoms with E-state index in [1.807, 2.05) is 74.5 Å². The zero-order valence-corrected chi connectivity index (χ0v) is 40.7. The van der Waals surface area contributed by atoms with Crippen molar-refractivity contribution in [3.63, 3.8) is 0 Å². The second-order valence-electron chi connectivity index (χ2n) is 16.7. The smallest absolute Gasteiger partial charge is 0.159 e. The van der Waals surface area contributed by atoms with Crippen molar-refractivity contribution in [1.82, 2.24) is 19.9 Å². The van der Waals surface area contributed by atoms with Crippen molar-refractivity contribution in [3.8, 4) is 22.8 Å². The quantitative estimate of drug-likeness (QED) is 0.150. The molecule has 4 saturated carbocycles. The summed E-state index contributed by atoms with van der Waals surface area (Å²) in [7, 11) is 0. The molecule has 0 N–H and O–H groups in total. The number of benzene rings is 2. The summed E-state index contributed by atoms with van der Waals surface area (Å²) >= 11 is 0. The Balaban J connectivity index is -0.000000133. The van der Waals surface area contributed by atoms with E-state index < -0.39 is 0 Å². The molecule has 0 radical (unpaired) electrons. The summed E-state index contributed by atoms with van der Waals surface area (Å²) in [6.07, 6.45) is 24.3. The van der Waals surface area contributed by atoms with Gasteiger partial charge in [-0.05, 0) is 106 Å². The van der Waals surface area contributed by atoms with Gasteiger partial charge in [-0.25, -0.2) is 19.9 Å². The molecule has 0 atom stereocenters. The van der Waals surface area contributed by atoms with Gasteiger partial charge in [-0.3, -0.25) is 0 Å². The van der Waals surface area contributed by atoms with Crippen LogP contribution in [0.4, 0.5) is 0 Å². The molecule has 4 nitrogen and oxygen atoms in total. The lowest BCUT2D eigenvalue weighted by Gasteiger charge is -2.57. The first kappa shape index (κ1) is 76.8. The van der Waals surface area contributed by atoms with Gasteiger partial charge < -0.3 is 0 Å². The number of rotatable bonds is 11. The van der Waals surface area contributed by atoms with Crippen molar-refractivity contribution in [1.29, 1.82) is 0 Å². The van der Waals surface area contributed by atoms with Crippen LogP contribution in [-0.2, 0) is 25.7 Å². The van der Waals surface area contributed by atoms with Crippen LogP contribution in [0.1, 0.15) is 255 Å². The van der Waals surface area contributed by atoms with Crippen molar-refractivity contribution in [2.75, 3.05) is 0 Å².